The topological polar surface area (TPSA) is 21.3 Å². The molecule has 0 saturated carbocycles. The molecule has 1 saturated heterocycles. The van der Waals surface area contributed by atoms with Crippen LogP contribution in [0.15, 0.2) is 0 Å². The summed E-state index contributed by atoms with van der Waals surface area (Å²) in [6.45, 7) is 7.70. The molecule has 3 unspecified atom stereocenters. The third-order valence-corrected chi connectivity index (χ3v) is 3.30. The summed E-state index contributed by atoms with van der Waals surface area (Å²) in [6.07, 6.45) is 8.69. The fourth-order valence-corrected chi connectivity index (χ4v) is 2.43. The van der Waals surface area contributed by atoms with E-state index in [0.29, 0.717) is 18.2 Å². The van der Waals surface area contributed by atoms with Crippen molar-refractivity contribution in [3.05, 3.63) is 0 Å². The van der Waals surface area contributed by atoms with Crippen molar-refractivity contribution in [3.8, 4) is 0 Å². The van der Waals surface area contributed by atoms with E-state index in [0.717, 1.165) is 6.54 Å². The lowest BCUT2D eigenvalue weighted by molar-refractivity contribution is 0.0299. The van der Waals surface area contributed by atoms with Crippen molar-refractivity contribution in [2.75, 3.05) is 6.54 Å². The second-order valence-electron chi connectivity index (χ2n) is 4.72. The molecule has 0 aromatic carbocycles. The molecule has 1 N–H and O–H groups in total. The zero-order chi connectivity index (χ0) is 11.1. The van der Waals surface area contributed by atoms with E-state index in [1.54, 1.807) is 0 Å². The molecule has 0 radical (unpaired) electrons. The van der Waals surface area contributed by atoms with Gasteiger partial charge in [-0.2, -0.15) is 0 Å². The Kier molecular flexibility index (Phi) is 6.26. The van der Waals surface area contributed by atoms with Crippen molar-refractivity contribution in [3.63, 3.8) is 0 Å². The van der Waals surface area contributed by atoms with Crippen molar-refractivity contribution in [1.82, 2.24) is 5.32 Å². The molecule has 2 heteroatoms. The fourth-order valence-electron chi connectivity index (χ4n) is 2.43. The van der Waals surface area contributed by atoms with E-state index in [1.165, 1.54) is 38.5 Å². The minimum atomic E-state index is 0.469. The van der Waals surface area contributed by atoms with Crippen LogP contribution in [0.2, 0.25) is 0 Å². The predicted molar refractivity (Wildman–Crippen MR) is 65.2 cm³/mol. The maximum atomic E-state index is 5.94. The summed E-state index contributed by atoms with van der Waals surface area (Å²) in [5.74, 6) is 0. The number of nitrogens with one attached hydrogen (secondary N) is 1. The number of ether oxygens (including phenoxy) is 1. The average molecular weight is 213 g/mol. The van der Waals surface area contributed by atoms with Crippen LogP contribution in [0.4, 0.5) is 0 Å². The molecule has 0 aliphatic carbocycles. The molecule has 1 aliphatic rings. The first-order chi connectivity index (χ1) is 7.27. The van der Waals surface area contributed by atoms with E-state index in [1.807, 2.05) is 0 Å². The molecular weight excluding hydrogens is 186 g/mol. The SMILES string of the molecule is CCCCCC(NCC)C1CCC(C)O1. The molecule has 2 nitrogen and oxygen atoms in total. The Morgan fingerprint density at radius 2 is 2.07 bits per heavy atom. The first-order valence-corrected chi connectivity index (χ1v) is 6.66. The molecule has 1 rings (SSSR count). The normalized spacial score (nSPS) is 28.2. The lowest BCUT2D eigenvalue weighted by atomic mass is 10.0. The van der Waals surface area contributed by atoms with Crippen LogP contribution in [0.3, 0.4) is 0 Å². The Morgan fingerprint density at radius 1 is 1.27 bits per heavy atom. The van der Waals surface area contributed by atoms with Gasteiger partial charge >= 0.3 is 0 Å². The Bertz CT molecular complexity index is 161. The third kappa shape index (κ3) is 4.52. The lowest BCUT2D eigenvalue weighted by Gasteiger charge is -2.24. The van der Waals surface area contributed by atoms with E-state index < -0.39 is 0 Å². The van der Waals surface area contributed by atoms with Gasteiger partial charge in [0.15, 0.2) is 0 Å². The molecule has 0 bridgehead atoms. The molecule has 0 amide bonds. The molecule has 3 atom stereocenters. The summed E-state index contributed by atoms with van der Waals surface area (Å²) in [5.41, 5.74) is 0. The number of rotatable bonds is 7. The van der Waals surface area contributed by atoms with Crippen LogP contribution in [0.25, 0.3) is 0 Å². The Morgan fingerprint density at radius 3 is 2.60 bits per heavy atom. The zero-order valence-corrected chi connectivity index (χ0v) is 10.6. The first kappa shape index (κ1) is 13.0. The largest absolute Gasteiger partial charge is 0.374 e. The van der Waals surface area contributed by atoms with E-state index in [2.05, 4.69) is 26.1 Å². The van der Waals surface area contributed by atoms with Gasteiger partial charge in [-0.3, -0.25) is 0 Å². The smallest absolute Gasteiger partial charge is 0.0732 e. The number of likely N-dealkylation sites (N-methyl/N-ethyl adjacent to an activating group) is 1. The fraction of sp³-hybridized carbons (Fsp3) is 1.00. The molecule has 1 aliphatic heterocycles. The van der Waals surface area contributed by atoms with Crippen LogP contribution in [-0.2, 0) is 4.74 Å². The number of hydrogen-bond donors (Lipinski definition) is 1. The monoisotopic (exact) mass is 213 g/mol. The van der Waals surface area contributed by atoms with Crippen LogP contribution in [-0.4, -0.2) is 24.8 Å². The van der Waals surface area contributed by atoms with Crippen LogP contribution >= 0.6 is 0 Å². The molecule has 0 aromatic heterocycles. The second kappa shape index (κ2) is 7.24. The van der Waals surface area contributed by atoms with E-state index in [4.69, 9.17) is 4.74 Å². The van der Waals surface area contributed by atoms with Gasteiger partial charge in [0.25, 0.3) is 0 Å². The standard InChI is InChI=1S/C13H27NO/c1-4-6-7-8-12(14-5-2)13-10-9-11(3)15-13/h11-14H,4-10H2,1-3H3. The Labute approximate surface area is 94.8 Å². The Hall–Kier alpha value is -0.0800. The van der Waals surface area contributed by atoms with E-state index in [9.17, 15) is 0 Å². The van der Waals surface area contributed by atoms with Crippen molar-refractivity contribution < 1.29 is 4.74 Å². The summed E-state index contributed by atoms with van der Waals surface area (Å²) in [4.78, 5) is 0. The van der Waals surface area contributed by atoms with E-state index >= 15 is 0 Å². The highest BCUT2D eigenvalue weighted by Gasteiger charge is 2.28. The van der Waals surface area contributed by atoms with Crippen molar-refractivity contribution in [2.24, 2.45) is 0 Å². The summed E-state index contributed by atoms with van der Waals surface area (Å²) in [5, 5.41) is 3.58. The van der Waals surface area contributed by atoms with Gasteiger partial charge in [0.05, 0.1) is 12.2 Å². The molecular formula is C13H27NO. The first-order valence-electron chi connectivity index (χ1n) is 6.66. The molecule has 0 aromatic rings. The highest BCUT2D eigenvalue weighted by molar-refractivity contribution is 4.82. The Balaban J connectivity index is 2.28. The van der Waals surface area contributed by atoms with Gasteiger partial charge in [-0.05, 0) is 32.7 Å². The van der Waals surface area contributed by atoms with Crippen LogP contribution < -0.4 is 5.32 Å². The summed E-state index contributed by atoms with van der Waals surface area (Å²) in [6, 6.07) is 0.589. The van der Waals surface area contributed by atoms with Gasteiger partial charge in [-0.25, -0.2) is 0 Å². The van der Waals surface area contributed by atoms with Gasteiger partial charge in [0.1, 0.15) is 0 Å². The highest BCUT2D eigenvalue weighted by Crippen LogP contribution is 2.24. The summed E-state index contributed by atoms with van der Waals surface area (Å²) in [7, 11) is 0. The van der Waals surface area contributed by atoms with Crippen molar-refractivity contribution >= 4 is 0 Å². The van der Waals surface area contributed by atoms with Crippen molar-refractivity contribution in [2.45, 2.75) is 77.5 Å². The minimum absolute atomic E-state index is 0.469. The maximum absolute atomic E-state index is 5.94. The number of hydrogen-bond acceptors (Lipinski definition) is 2. The van der Waals surface area contributed by atoms with Gasteiger partial charge in [0.2, 0.25) is 0 Å². The average Bonchev–Trinajstić information content (AvgIpc) is 2.64. The molecule has 1 fully saturated rings. The van der Waals surface area contributed by atoms with Crippen molar-refractivity contribution in [1.29, 1.82) is 0 Å². The van der Waals surface area contributed by atoms with Gasteiger partial charge in [-0.1, -0.05) is 33.1 Å². The van der Waals surface area contributed by atoms with Gasteiger partial charge in [-0.15, -0.1) is 0 Å². The second-order valence-corrected chi connectivity index (χ2v) is 4.72. The predicted octanol–water partition coefficient (Wildman–Crippen LogP) is 3.11. The zero-order valence-electron chi connectivity index (χ0n) is 10.6. The van der Waals surface area contributed by atoms with Crippen LogP contribution in [0.5, 0.6) is 0 Å². The minimum Gasteiger partial charge on any atom is -0.374 e. The van der Waals surface area contributed by atoms with Gasteiger partial charge in [0, 0.05) is 6.04 Å². The molecule has 90 valence electrons. The molecule has 15 heavy (non-hydrogen) atoms. The maximum Gasteiger partial charge on any atom is 0.0732 e. The lowest BCUT2D eigenvalue weighted by Crippen LogP contribution is -2.39. The van der Waals surface area contributed by atoms with E-state index in [-0.39, 0.29) is 0 Å². The number of unbranched alkanes of at least 4 members (excludes halogenated alkanes) is 2. The molecule has 0 spiro atoms. The molecule has 1 heterocycles. The summed E-state index contributed by atoms with van der Waals surface area (Å²) < 4.78 is 5.94. The van der Waals surface area contributed by atoms with Crippen LogP contribution in [0, 0.1) is 0 Å². The quantitative estimate of drug-likeness (QED) is 0.656. The third-order valence-electron chi connectivity index (χ3n) is 3.30. The highest BCUT2D eigenvalue weighted by atomic mass is 16.5. The van der Waals surface area contributed by atoms with Gasteiger partial charge < -0.3 is 10.1 Å². The van der Waals surface area contributed by atoms with Crippen LogP contribution in [0.1, 0.15) is 59.3 Å². The summed E-state index contributed by atoms with van der Waals surface area (Å²) >= 11 is 0.